The maximum absolute atomic E-state index is 9.34. The van der Waals surface area contributed by atoms with Crippen LogP contribution < -0.4 is 25.2 Å². The molecular formula is C66H52B2N6O. The van der Waals surface area contributed by atoms with Crippen LogP contribution in [0.15, 0.2) is 273 Å². The van der Waals surface area contributed by atoms with Crippen LogP contribution in [0.5, 0.6) is 11.5 Å². The lowest BCUT2D eigenvalue weighted by molar-refractivity contribution is 0.483. The number of pyridine rings is 1. The summed E-state index contributed by atoms with van der Waals surface area (Å²) in [7, 11) is 4.30. The van der Waals surface area contributed by atoms with Gasteiger partial charge in [0.05, 0.1) is 33.6 Å². The number of hydrogen-bond acceptors (Lipinski definition) is 6. The first-order valence-corrected chi connectivity index (χ1v) is 25.0. The number of para-hydroxylation sites is 4. The number of aromatic nitrogens is 2. The van der Waals surface area contributed by atoms with Crippen molar-refractivity contribution in [3.8, 4) is 17.3 Å². The fourth-order valence-corrected chi connectivity index (χ4v) is 10.3. The van der Waals surface area contributed by atoms with E-state index in [-0.39, 0.29) is 24.2 Å². The van der Waals surface area contributed by atoms with Gasteiger partial charge < -0.3 is 25.2 Å². The van der Waals surface area contributed by atoms with Crippen molar-refractivity contribution in [2.45, 2.75) is 12.3 Å². The van der Waals surface area contributed by atoms with Gasteiger partial charge in [0.2, 0.25) is 0 Å². The third-order valence-corrected chi connectivity index (χ3v) is 14.0. The third kappa shape index (κ3) is 9.21. The summed E-state index contributed by atoms with van der Waals surface area (Å²) in [6, 6.07) is 52.7. The summed E-state index contributed by atoms with van der Waals surface area (Å²) >= 11 is 0. The number of anilines is 4. The zero-order chi connectivity index (χ0) is 53.9. The lowest BCUT2D eigenvalue weighted by Gasteiger charge is -2.32. The Morgan fingerprint density at radius 1 is 0.547 bits per heavy atom. The van der Waals surface area contributed by atoms with Crippen LogP contribution in [0, 0.1) is 0 Å². The Balaban J connectivity index is 0.947. The minimum Gasteiger partial charge on any atom is -0.457 e. The maximum Gasteiger partial charge on any atom is 0.182 e. The molecule has 0 saturated heterocycles. The Bertz CT molecular complexity index is 3960. The first-order valence-electron chi connectivity index (χ1n) is 27.0. The standard InChI is InChI=1S/C66H52B2N6O/c1-66(48-20-4-2-5-21-48,49-22-6-3-7-23-49)50-36-43-71-64(44-50)74-60-31-9-8-26-54(60)55-35-34-53(46-63(55)74)75-52-25-16-24-51(45-52)72-47-73(62-33-11-10-32-61(62)72)65-56(58-29-18-41-69-39-14-12-37-67-58)27-17-28-57(65)59-30-19-42-70-40-15-13-38-68-59/h2-46,69-70H,47H2,1H3/b37-12-,38-13-,39-14-,40-15-,41-18-,42-19-,58-29-,59-30-/i8D,9D,26D,31D. The van der Waals surface area contributed by atoms with Gasteiger partial charge in [-0.1, -0.05) is 150 Å². The van der Waals surface area contributed by atoms with Gasteiger partial charge in [-0.3, -0.25) is 4.57 Å². The largest absolute Gasteiger partial charge is 0.457 e. The van der Waals surface area contributed by atoms with Crippen LogP contribution in [0.3, 0.4) is 0 Å². The van der Waals surface area contributed by atoms with Crippen molar-refractivity contribution in [2.75, 3.05) is 16.5 Å². The molecule has 3 aliphatic heterocycles. The molecule has 0 unspecified atom stereocenters. The van der Waals surface area contributed by atoms with E-state index in [2.05, 4.69) is 145 Å². The molecule has 7 nitrogen and oxygen atoms in total. The van der Waals surface area contributed by atoms with Crippen LogP contribution in [0.2, 0.25) is 0 Å². The normalized spacial score (nSPS) is 19.1. The number of hydrogen-bond donors (Lipinski definition) is 2. The summed E-state index contributed by atoms with van der Waals surface area (Å²) in [5.74, 6) is 5.76. The van der Waals surface area contributed by atoms with Crippen molar-refractivity contribution >= 4 is 70.1 Å². The molecule has 0 bridgehead atoms. The van der Waals surface area contributed by atoms with Gasteiger partial charge >= 0.3 is 0 Å². The lowest BCUT2D eigenvalue weighted by atomic mass is 9.63. The molecule has 12 rings (SSSR count). The number of allylic oxidation sites excluding steroid dienone is 8. The van der Waals surface area contributed by atoms with Crippen LogP contribution in [-0.4, -0.2) is 30.8 Å². The molecule has 0 amide bonds. The van der Waals surface area contributed by atoms with Gasteiger partial charge in [0.1, 0.15) is 24.0 Å². The molecule has 3 aliphatic rings. The predicted octanol–water partition coefficient (Wildman–Crippen LogP) is 15.0. The molecule has 7 aromatic carbocycles. The molecule has 0 saturated carbocycles. The molecule has 5 heterocycles. The number of fused-ring (bicyclic) bond motifs is 4. The molecule has 2 N–H and O–H groups in total. The highest BCUT2D eigenvalue weighted by molar-refractivity contribution is 6.67. The molecule has 0 fully saturated rings. The SMILES string of the molecule is [2H]c1c([2H])c([2H])c2c(c1[2H])c1ccc(Oc3cccc(N4CN(c5c(/C6=C/C=C\N/C=C\C=C/[B]6)cccc5/C5=C/C=C\N/C=C\C=C/[B]5)c5ccccc54)c3)cc1n2-c1cc(C(C)(c2ccccc2)c2ccccc2)ccn1. The average Bonchev–Trinajstić information content (AvgIpc) is 4.09. The van der Waals surface area contributed by atoms with Gasteiger partial charge in [-0.25, -0.2) is 4.98 Å². The molecule has 358 valence electrons. The Hall–Kier alpha value is -9.46. The van der Waals surface area contributed by atoms with E-state index in [4.69, 9.17) is 12.5 Å². The number of nitrogens with one attached hydrogen (secondary N) is 2. The first kappa shape index (κ1) is 42.1. The number of ether oxygens (including phenoxy) is 1. The fourth-order valence-electron chi connectivity index (χ4n) is 10.3. The van der Waals surface area contributed by atoms with Gasteiger partial charge in [0.15, 0.2) is 14.6 Å². The summed E-state index contributed by atoms with van der Waals surface area (Å²) in [6.07, 6.45) is 25.7. The van der Waals surface area contributed by atoms with Crippen LogP contribution >= 0.6 is 0 Å². The summed E-state index contributed by atoms with van der Waals surface area (Å²) in [5.41, 5.74) is 11.8. The average molecular weight is 971 g/mol. The molecule has 0 aliphatic carbocycles. The summed E-state index contributed by atoms with van der Waals surface area (Å²) in [6.45, 7) is 2.70. The van der Waals surface area contributed by atoms with Crippen LogP contribution in [0.4, 0.5) is 22.7 Å². The van der Waals surface area contributed by atoms with Crippen LogP contribution in [0.1, 0.15) is 40.2 Å². The minimum absolute atomic E-state index is 0.118. The van der Waals surface area contributed by atoms with Crippen LogP contribution in [0.25, 0.3) is 38.6 Å². The van der Waals surface area contributed by atoms with E-state index >= 15 is 0 Å². The molecule has 2 radical (unpaired) electrons. The van der Waals surface area contributed by atoms with Gasteiger partial charge in [-0.15, -0.1) is 12.0 Å². The van der Waals surface area contributed by atoms with Gasteiger partial charge in [0.25, 0.3) is 0 Å². The van der Waals surface area contributed by atoms with E-state index in [1.54, 1.807) is 6.20 Å². The summed E-state index contributed by atoms with van der Waals surface area (Å²) < 4.78 is 44.8. The molecule has 0 spiro atoms. The second-order valence-corrected chi connectivity index (χ2v) is 18.4. The first-order chi connectivity index (χ1) is 38.8. The lowest BCUT2D eigenvalue weighted by Crippen LogP contribution is -2.26. The Labute approximate surface area is 446 Å². The van der Waals surface area contributed by atoms with Gasteiger partial charge in [-0.05, 0) is 114 Å². The predicted molar refractivity (Wildman–Crippen MR) is 314 cm³/mol. The van der Waals surface area contributed by atoms with E-state index in [9.17, 15) is 2.74 Å². The zero-order valence-electron chi connectivity index (χ0n) is 45.2. The molecular weight excluding hydrogens is 914 g/mol. The van der Waals surface area contributed by atoms with E-state index in [0.717, 1.165) is 61.5 Å². The Morgan fingerprint density at radius 3 is 1.85 bits per heavy atom. The summed E-state index contributed by atoms with van der Waals surface area (Å²) in [4.78, 5) is 9.65. The van der Waals surface area contributed by atoms with E-state index in [1.807, 2.05) is 145 Å². The quantitative estimate of drug-likeness (QED) is 0.133. The third-order valence-electron chi connectivity index (χ3n) is 14.0. The highest BCUT2D eigenvalue weighted by Gasteiger charge is 2.33. The second kappa shape index (κ2) is 20.9. The molecule has 9 aromatic rings. The molecule has 9 heteroatoms. The van der Waals surface area contributed by atoms with Crippen molar-refractivity contribution < 1.29 is 10.2 Å². The van der Waals surface area contributed by atoms with Crippen molar-refractivity contribution in [1.29, 1.82) is 0 Å². The molecule has 2 aromatic heterocycles. The Morgan fingerprint density at radius 2 is 1.16 bits per heavy atom. The highest BCUT2D eigenvalue weighted by Crippen LogP contribution is 2.49. The fraction of sp³-hybridized carbons (Fsp3) is 0.0455. The monoisotopic (exact) mass is 970 g/mol. The topological polar surface area (TPSA) is 57.6 Å². The van der Waals surface area contributed by atoms with Crippen molar-refractivity contribution in [1.82, 2.24) is 20.2 Å². The number of benzene rings is 7. The zero-order valence-corrected chi connectivity index (χ0v) is 41.2. The second-order valence-electron chi connectivity index (χ2n) is 18.4. The van der Waals surface area contributed by atoms with Gasteiger partial charge in [0, 0.05) is 65.0 Å². The van der Waals surface area contributed by atoms with E-state index < -0.39 is 5.41 Å². The molecule has 75 heavy (non-hydrogen) atoms. The highest BCUT2D eigenvalue weighted by atomic mass is 16.5. The van der Waals surface area contributed by atoms with Crippen molar-refractivity contribution in [2.24, 2.45) is 0 Å². The van der Waals surface area contributed by atoms with E-state index in [0.29, 0.717) is 45.8 Å². The van der Waals surface area contributed by atoms with Gasteiger partial charge in [-0.2, -0.15) is 0 Å². The van der Waals surface area contributed by atoms with E-state index in [1.165, 1.54) is 0 Å². The number of rotatable bonds is 10. The smallest absolute Gasteiger partial charge is 0.182 e. The summed E-state index contributed by atoms with van der Waals surface area (Å²) in [5, 5.41) is 7.49. The van der Waals surface area contributed by atoms with Crippen molar-refractivity contribution in [3.63, 3.8) is 0 Å². The minimum atomic E-state index is -0.598. The molecule has 0 atom stereocenters. The Kier molecular flexibility index (Phi) is 11.8. The van der Waals surface area contributed by atoms with Crippen molar-refractivity contribution in [3.05, 3.63) is 301 Å². The number of nitrogens with zero attached hydrogens (tertiary/aromatic N) is 4. The maximum atomic E-state index is 9.34. The van der Waals surface area contributed by atoms with Crippen LogP contribution in [-0.2, 0) is 5.41 Å².